The number of nitrogens with zero attached hydrogens (tertiary/aromatic N) is 3. The molecule has 0 aromatic heterocycles. The molecule has 2 heterocycles. The third-order valence-corrected chi connectivity index (χ3v) is 15.7. The van der Waals surface area contributed by atoms with Crippen molar-refractivity contribution in [1.29, 1.82) is 0 Å². The number of hydrogen-bond donors (Lipinski definition) is 0. The molecule has 2 aliphatic heterocycles. The van der Waals surface area contributed by atoms with E-state index in [0.717, 1.165) is 34.1 Å². The van der Waals surface area contributed by atoms with Crippen LogP contribution in [0.5, 0.6) is 0 Å². The van der Waals surface area contributed by atoms with E-state index in [2.05, 4.69) is 314 Å². The van der Waals surface area contributed by atoms with E-state index in [1.54, 1.807) is 0 Å². The van der Waals surface area contributed by atoms with E-state index in [-0.39, 0.29) is 23.1 Å². The molecule has 0 saturated heterocycles. The molecule has 76 heavy (non-hydrogen) atoms. The third-order valence-electron chi connectivity index (χ3n) is 15.7. The normalized spacial score (nSPS) is 13.0. The highest BCUT2D eigenvalue weighted by atomic mass is 15.2. The van der Waals surface area contributed by atoms with Crippen LogP contribution in [-0.2, 0) is 16.2 Å². The minimum atomic E-state index is -0.177. The lowest BCUT2D eigenvalue weighted by molar-refractivity contribution is 0.590. The highest BCUT2D eigenvalue weighted by Crippen LogP contribution is 2.51. The van der Waals surface area contributed by atoms with E-state index in [9.17, 15) is 0 Å². The lowest BCUT2D eigenvalue weighted by Gasteiger charge is -2.47. The zero-order valence-corrected chi connectivity index (χ0v) is 45.4. The molecule has 0 amide bonds. The van der Waals surface area contributed by atoms with Crippen LogP contribution < -0.4 is 25.5 Å². The summed E-state index contributed by atoms with van der Waals surface area (Å²) in [6, 6.07) is 88.7. The number of anilines is 8. The van der Waals surface area contributed by atoms with Gasteiger partial charge in [0, 0.05) is 51.1 Å². The third kappa shape index (κ3) is 8.90. The molecule has 2 aliphatic rings. The molecule has 0 atom stereocenters. The van der Waals surface area contributed by atoms with Gasteiger partial charge in [0.15, 0.2) is 0 Å². The highest BCUT2D eigenvalue weighted by molar-refractivity contribution is 6.93. The number of benzene rings is 10. The van der Waals surface area contributed by atoms with Gasteiger partial charge in [-0.25, -0.2) is 0 Å². The fourth-order valence-corrected chi connectivity index (χ4v) is 11.5. The summed E-state index contributed by atoms with van der Waals surface area (Å²) in [5.74, 6) is 0. The van der Waals surface area contributed by atoms with Gasteiger partial charge >= 0.3 is 6.85 Å². The van der Waals surface area contributed by atoms with Gasteiger partial charge in [0.25, 0.3) is 0 Å². The van der Waals surface area contributed by atoms with Crippen molar-refractivity contribution < 1.29 is 0 Å². The monoisotopic (exact) mass is 984 g/mol. The molecule has 3 nitrogen and oxygen atoms in total. The lowest BCUT2D eigenvalue weighted by atomic mass is 9.43. The van der Waals surface area contributed by atoms with Crippen molar-refractivity contribution in [2.75, 3.05) is 14.6 Å². The summed E-state index contributed by atoms with van der Waals surface area (Å²) in [6.45, 7) is 20.6. The highest BCUT2D eigenvalue weighted by Gasteiger charge is 2.46. The maximum Gasteiger partial charge on any atom is 0.333 e. The summed E-state index contributed by atoms with van der Waals surface area (Å²) in [7, 11) is 0. The molecule has 0 radical (unpaired) electrons. The predicted molar refractivity (Wildman–Crippen MR) is 327 cm³/mol. The Morgan fingerprint density at radius 3 is 1.29 bits per heavy atom. The number of rotatable bonds is 8. The molecule has 0 saturated carbocycles. The standard InChI is InChI=1S/C72H66BN3/c1-70(2,3)55-32-36-58(37-33-55)74(59-38-34-56(35-39-59)71(4,5)6)61-40-41-65-67(48-61)75(60-29-19-27-52(43-60)49-21-13-10-14-22-49)68-47-57(72(7,8)9)46-64-63-45-54(51-25-17-12-18-26-51)31-42-66(63)76(73(65)69(64)68)62-30-20-28-53(44-62)50-23-15-11-16-24-50/h10-48H,1-9H3. The van der Waals surface area contributed by atoms with E-state index in [1.165, 1.54) is 83.5 Å². The van der Waals surface area contributed by atoms with Crippen LogP contribution in [0.3, 0.4) is 0 Å². The molecule has 0 fully saturated rings. The van der Waals surface area contributed by atoms with Crippen LogP contribution in [0.15, 0.2) is 237 Å². The largest absolute Gasteiger partial charge is 0.376 e. The Morgan fingerprint density at radius 1 is 0.316 bits per heavy atom. The lowest BCUT2D eigenvalue weighted by Crippen LogP contribution is -2.61. The zero-order valence-electron chi connectivity index (χ0n) is 45.4. The van der Waals surface area contributed by atoms with Crippen LogP contribution in [0.4, 0.5) is 45.5 Å². The summed E-state index contributed by atoms with van der Waals surface area (Å²) < 4.78 is 0. The second kappa shape index (κ2) is 18.8. The number of fused-ring (bicyclic) bond motifs is 4. The van der Waals surface area contributed by atoms with Crippen LogP contribution >= 0.6 is 0 Å². The molecule has 0 aliphatic carbocycles. The van der Waals surface area contributed by atoms with Gasteiger partial charge in [-0.3, -0.25) is 0 Å². The first-order valence-electron chi connectivity index (χ1n) is 27.0. The van der Waals surface area contributed by atoms with Crippen LogP contribution in [-0.4, -0.2) is 6.85 Å². The molecule has 0 N–H and O–H groups in total. The summed E-state index contributed by atoms with van der Waals surface area (Å²) in [5, 5.41) is 0. The van der Waals surface area contributed by atoms with Gasteiger partial charge in [0.1, 0.15) is 0 Å². The van der Waals surface area contributed by atoms with Crippen molar-refractivity contribution in [2.24, 2.45) is 0 Å². The summed E-state index contributed by atoms with van der Waals surface area (Å²) in [5.41, 5.74) is 25.1. The first-order valence-corrected chi connectivity index (χ1v) is 27.0. The summed E-state index contributed by atoms with van der Waals surface area (Å²) in [4.78, 5) is 7.68. The average molecular weight is 984 g/mol. The molecule has 0 unspecified atom stereocenters. The Kier molecular flexibility index (Phi) is 12.0. The topological polar surface area (TPSA) is 9.72 Å². The Labute approximate surface area is 451 Å². The van der Waals surface area contributed by atoms with E-state index in [1.807, 2.05) is 0 Å². The molecule has 10 aromatic rings. The zero-order chi connectivity index (χ0) is 52.5. The van der Waals surface area contributed by atoms with E-state index < -0.39 is 0 Å². The van der Waals surface area contributed by atoms with Gasteiger partial charge in [-0.05, 0) is 162 Å². The van der Waals surface area contributed by atoms with Gasteiger partial charge in [0.2, 0.25) is 0 Å². The van der Waals surface area contributed by atoms with Crippen LogP contribution in [0.2, 0.25) is 0 Å². The minimum Gasteiger partial charge on any atom is -0.376 e. The van der Waals surface area contributed by atoms with E-state index >= 15 is 0 Å². The van der Waals surface area contributed by atoms with Crippen LogP contribution in [0.1, 0.15) is 79.0 Å². The second-order valence-electron chi connectivity index (χ2n) is 23.9. The molecule has 10 aromatic carbocycles. The molecular formula is C72H66BN3. The Hall–Kier alpha value is -8.34. The Bertz CT molecular complexity index is 3690. The SMILES string of the molecule is CC(C)(C)c1ccc(N(c2ccc(C(C)(C)C)cc2)c2ccc3c(c2)N(c2cccc(-c4ccccc4)c2)c2cc(C(C)(C)C)cc4c2B3N(c2cccc(-c3ccccc3)c2)c2ccc(-c3ccccc3)cc2-4)cc1. The van der Waals surface area contributed by atoms with Gasteiger partial charge in [-0.2, -0.15) is 0 Å². The van der Waals surface area contributed by atoms with Crippen LogP contribution in [0, 0.1) is 0 Å². The van der Waals surface area contributed by atoms with Gasteiger partial charge in [0.05, 0.1) is 0 Å². The first kappa shape index (κ1) is 48.6. The molecule has 4 heteroatoms. The van der Waals surface area contributed by atoms with Gasteiger partial charge < -0.3 is 14.6 Å². The quantitative estimate of drug-likeness (QED) is 0.141. The number of hydrogen-bond acceptors (Lipinski definition) is 3. The van der Waals surface area contributed by atoms with Gasteiger partial charge in [-0.1, -0.05) is 220 Å². The Balaban J connectivity index is 1.16. The maximum absolute atomic E-state index is 2.64. The smallest absolute Gasteiger partial charge is 0.333 e. The average Bonchev–Trinajstić information content (AvgIpc) is 3.60. The maximum atomic E-state index is 2.64. The van der Waals surface area contributed by atoms with Gasteiger partial charge in [-0.15, -0.1) is 0 Å². The van der Waals surface area contributed by atoms with Crippen molar-refractivity contribution >= 4 is 63.3 Å². The predicted octanol–water partition coefficient (Wildman–Crippen LogP) is 18.8. The molecule has 372 valence electrons. The van der Waals surface area contributed by atoms with E-state index in [0.29, 0.717) is 0 Å². The molecule has 12 rings (SSSR count). The van der Waals surface area contributed by atoms with Crippen molar-refractivity contribution in [1.82, 2.24) is 0 Å². The van der Waals surface area contributed by atoms with Crippen molar-refractivity contribution in [3.05, 3.63) is 253 Å². The summed E-state index contributed by atoms with van der Waals surface area (Å²) in [6.07, 6.45) is 0. The Morgan fingerprint density at radius 2 is 0.776 bits per heavy atom. The van der Waals surface area contributed by atoms with Crippen molar-refractivity contribution in [2.45, 2.75) is 78.6 Å². The van der Waals surface area contributed by atoms with Crippen molar-refractivity contribution in [3.63, 3.8) is 0 Å². The van der Waals surface area contributed by atoms with Crippen molar-refractivity contribution in [3.8, 4) is 44.5 Å². The fraction of sp³-hybridized carbons (Fsp3) is 0.167. The fourth-order valence-electron chi connectivity index (χ4n) is 11.5. The first-order chi connectivity index (χ1) is 36.6. The molecule has 0 spiro atoms. The minimum absolute atomic E-state index is 0.0185. The van der Waals surface area contributed by atoms with Crippen LogP contribution in [0.25, 0.3) is 44.5 Å². The second-order valence-corrected chi connectivity index (χ2v) is 23.9. The molecular weight excluding hydrogens is 918 g/mol. The summed E-state index contributed by atoms with van der Waals surface area (Å²) >= 11 is 0. The molecule has 0 bridgehead atoms. The van der Waals surface area contributed by atoms with E-state index in [4.69, 9.17) is 0 Å².